The van der Waals surface area contributed by atoms with Gasteiger partial charge >= 0.3 is 0 Å². The molecule has 88 valence electrons. The molecule has 0 radical (unpaired) electrons. The molecule has 1 atom stereocenters. The van der Waals surface area contributed by atoms with E-state index in [2.05, 4.69) is 24.6 Å². The Morgan fingerprint density at radius 2 is 2.19 bits per heavy atom. The number of nitrogens with one attached hydrogen (secondary N) is 1. The quantitative estimate of drug-likeness (QED) is 0.853. The Labute approximate surface area is 101 Å². The van der Waals surface area contributed by atoms with Crippen LogP contribution in [-0.2, 0) is 6.54 Å². The van der Waals surface area contributed by atoms with Gasteiger partial charge < -0.3 is 14.8 Å². The van der Waals surface area contributed by atoms with Gasteiger partial charge in [-0.2, -0.15) is 11.8 Å². The first-order valence-corrected chi connectivity index (χ1v) is 6.80. The molecule has 16 heavy (non-hydrogen) atoms. The summed E-state index contributed by atoms with van der Waals surface area (Å²) in [6.45, 7) is 3.41. The lowest BCUT2D eigenvalue weighted by Crippen LogP contribution is -2.27. The van der Waals surface area contributed by atoms with Crippen LogP contribution in [0, 0.1) is 0 Å². The molecule has 3 nitrogen and oxygen atoms in total. The number of hydrogen-bond acceptors (Lipinski definition) is 4. The highest BCUT2D eigenvalue weighted by Gasteiger charge is 2.13. The van der Waals surface area contributed by atoms with Crippen molar-refractivity contribution >= 4 is 11.8 Å². The second-order valence-corrected chi connectivity index (χ2v) is 4.84. The van der Waals surface area contributed by atoms with Gasteiger partial charge in [0.05, 0.1) is 0 Å². The molecule has 1 aromatic rings. The zero-order valence-electron chi connectivity index (χ0n) is 9.66. The molecule has 0 saturated heterocycles. The normalized spacial score (nSPS) is 15.1. The lowest BCUT2D eigenvalue weighted by molar-refractivity contribution is 0.174. The summed E-state index contributed by atoms with van der Waals surface area (Å²) in [5.41, 5.74) is 1.23. The Morgan fingerprint density at radius 3 is 3.00 bits per heavy atom. The predicted octanol–water partition coefficient (Wildman–Crippen LogP) is 2.26. The third-order valence-corrected chi connectivity index (χ3v) is 3.34. The summed E-state index contributed by atoms with van der Waals surface area (Å²) in [6, 6.07) is 6.62. The molecule has 2 rings (SSSR count). The molecule has 0 aliphatic carbocycles. The van der Waals surface area contributed by atoms with E-state index in [0.717, 1.165) is 23.8 Å². The molecule has 0 saturated carbocycles. The number of benzene rings is 1. The smallest absolute Gasteiger partial charge is 0.231 e. The maximum absolute atomic E-state index is 5.34. The average Bonchev–Trinajstić information content (AvgIpc) is 2.74. The maximum Gasteiger partial charge on any atom is 0.231 e. The largest absolute Gasteiger partial charge is 0.454 e. The van der Waals surface area contributed by atoms with Gasteiger partial charge in [0.15, 0.2) is 11.5 Å². The number of hydrogen-bond donors (Lipinski definition) is 1. The monoisotopic (exact) mass is 239 g/mol. The standard InChI is InChI=1S/C12H17NO2S/c1-9(7-16-2)13-6-10-3-4-11-12(5-10)15-8-14-11/h3-5,9,13H,6-8H2,1-2H3. The van der Waals surface area contributed by atoms with E-state index in [1.807, 2.05) is 23.9 Å². The average molecular weight is 239 g/mol. The van der Waals surface area contributed by atoms with Crippen LogP contribution in [0.15, 0.2) is 18.2 Å². The molecular weight excluding hydrogens is 222 g/mol. The van der Waals surface area contributed by atoms with Gasteiger partial charge in [-0.1, -0.05) is 6.07 Å². The van der Waals surface area contributed by atoms with Crippen molar-refractivity contribution in [2.75, 3.05) is 18.8 Å². The van der Waals surface area contributed by atoms with E-state index in [-0.39, 0.29) is 0 Å². The first-order chi connectivity index (χ1) is 7.79. The molecule has 1 aliphatic heterocycles. The molecule has 1 N–H and O–H groups in total. The van der Waals surface area contributed by atoms with Gasteiger partial charge in [-0.3, -0.25) is 0 Å². The Balaban J connectivity index is 1.90. The van der Waals surface area contributed by atoms with E-state index in [9.17, 15) is 0 Å². The maximum atomic E-state index is 5.34. The molecule has 0 aromatic heterocycles. The molecule has 4 heteroatoms. The summed E-state index contributed by atoms with van der Waals surface area (Å²) in [4.78, 5) is 0. The van der Waals surface area contributed by atoms with Gasteiger partial charge in [0, 0.05) is 18.3 Å². The summed E-state index contributed by atoms with van der Waals surface area (Å²) in [6.07, 6.45) is 2.12. The second kappa shape index (κ2) is 5.46. The fourth-order valence-electron chi connectivity index (χ4n) is 1.65. The van der Waals surface area contributed by atoms with Crippen LogP contribution in [0.5, 0.6) is 11.5 Å². The van der Waals surface area contributed by atoms with Crippen molar-refractivity contribution in [1.82, 2.24) is 5.32 Å². The zero-order valence-corrected chi connectivity index (χ0v) is 10.5. The summed E-state index contributed by atoms with van der Waals surface area (Å²) in [5, 5.41) is 3.47. The molecular formula is C12H17NO2S. The van der Waals surface area contributed by atoms with Crippen molar-refractivity contribution in [3.05, 3.63) is 23.8 Å². The van der Waals surface area contributed by atoms with Crippen molar-refractivity contribution in [2.45, 2.75) is 19.5 Å². The number of thioether (sulfide) groups is 1. The zero-order chi connectivity index (χ0) is 11.4. The van der Waals surface area contributed by atoms with Crippen molar-refractivity contribution in [1.29, 1.82) is 0 Å². The van der Waals surface area contributed by atoms with Crippen molar-refractivity contribution < 1.29 is 9.47 Å². The molecule has 0 spiro atoms. The molecule has 1 aromatic carbocycles. The van der Waals surface area contributed by atoms with Crippen LogP contribution in [0.1, 0.15) is 12.5 Å². The van der Waals surface area contributed by atoms with Gasteiger partial charge in [-0.25, -0.2) is 0 Å². The van der Waals surface area contributed by atoms with Crippen LogP contribution in [0.4, 0.5) is 0 Å². The van der Waals surface area contributed by atoms with Gasteiger partial charge in [0.1, 0.15) is 0 Å². The van der Waals surface area contributed by atoms with Crippen molar-refractivity contribution in [3.8, 4) is 11.5 Å². The summed E-state index contributed by atoms with van der Waals surface area (Å²) in [5.74, 6) is 2.84. The van der Waals surface area contributed by atoms with Gasteiger partial charge in [-0.05, 0) is 30.9 Å². The Kier molecular flexibility index (Phi) is 3.96. The number of rotatable bonds is 5. The first kappa shape index (κ1) is 11.6. The number of ether oxygens (including phenoxy) is 2. The first-order valence-electron chi connectivity index (χ1n) is 5.40. The van der Waals surface area contributed by atoms with Crippen LogP contribution >= 0.6 is 11.8 Å². The van der Waals surface area contributed by atoms with Crippen molar-refractivity contribution in [3.63, 3.8) is 0 Å². The SMILES string of the molecule is CSCC(C)NCc1ccc2c(c1)OCO2. The topological polar surface area (TPSA) is 30.5 Å². The third-order valence-electron chi connectivity index (χ3n) is 2.51. The lowest BCUT2D eigenvalue weighted by atomic mass is 10.2. The van der Waals surface area contributed by atoms with E-state index < -0.39 is 0 Å². The van der Waals surface area contributed by atoms with E-state index in [1.54, 1.807) is 0 Å². The highest BCUT2D eigenvalue weighted by atomic mass is 32.2. The van der Waals surface area contributed by atoms with Gasteiger partial charge in [0.25, 0.3) is 0 Å². The molecule has 1 aliphatic rings. The minimum absolute atomic E-state index is 0.342. The number of fused-ring (bicyclic) bond motifs is 1. The van der Waals surface area contributed by atoms with Crippen LogP contribution < -0.4 is 14.8 Å². The molecule has 0 fully saturated rings. The van der Waals surface area contributed by atoms with Gasteiger partial charge in [0.2, 0.25) is 6.79 Å². The minimum atomic E-state index is 0.342. The lowest BCUT2D eigenvalue weighted by Gasteiger charge is -2.12. The van der Waals surface area contributed by atoms with E-state index in [1.165, 1.54) is 5.56 Å². The fourth-order valence-corrected chi connectivity index (χ4v) is 2.27. The molecule has 0 amide bonds. The highest BCUT2D eigenvalue weighted by molar-refractivity contribution is 7.98. The summed E-state index contributed by atoms with van der Waals surface area (Å²) in [7, 11) is 0. The Bertz CT molecular complexity index is 357. The van der Waals surface area contributed by atoms with Crippen LogP contribution in [-0.4, -0.2) is 24.8 Å². The molecule has 1 heterocycles. The fraction of sp³-hybridized carbons (Fsp3) is 0.500. The predicted molar refractivity (Wildman–Crippen MR) is 67.2 cm³/mol. The van der Waals surface area contributed by atoms with E-state index >= 15 is 0 Å². The van der Waals surface area contributed by atoms with E-state index in [4.69, 9.17) is 9.47 Å². The van der Waals surface area contributed by atoms with Crippen LogP contribution in [0.3, 0.4) is 0 Å². The second-order valence-electron chi connectivity index (χ2n) is 3.92. The van der Waals surface area contributed by atoms with E-state index in [0.29, 0.717) is 12.8 Å². The van der Waals surface area contributed by atoms with Crippen LogP contribution in [0.2, 0.25) is 0 Å². The Morgan fingerprint density at radius 1 is 1.38 bits per heavy atom. The summed E-state index contributed by atoms with van der Waals surface area (Å²) < 4.78 is 10.6. The van der Waals surface area contributed by atoms with Crippen molar-refractivity contribution in [2.24, 2.45) is 0 Å². The van der Waals surface area contributed by atoms with Crippen LogP contribution in [0.25, 0.3) is 0 Å². The highest BCUT2D eigenvalue weighted by Crippen LogP contribution is 2.32. The Hall–Kier alpha value is -0.870. The van der Waals surface area contributed by atoms with Gasteiger partial charge in [-0.15, -0.1) is 0 Å². The minimum Gasteiger partial charge on any atom is -0.454 e. The third kappa shape index (κ3) is 2.83. The summed E-state index contributed by atoms with van der Waals surface area (Å²) >= 11 is 1.86. The molecule has 0 bridgehead atoms. The molecule has 1 unspecified atom stereocenters.